The first-order valence-electron chi connectivity index (χ1n) is 4.47. The Bertz CT molecular complexity index is 595. The molecule has 2 aromatic rings. The van der Waals surface area contributed by atoms with Gasteiger partial charge in [0.1, 0.15) is 5.75 Å². The zero-order valence-corrected chi connectivity index (χ0v) is 8.48. The molecule has 0 atom stereocenters. The SMILES string of the molecule is COc1cc(-n2c(=O)[nH][nH]c2=O)ccc1N. The van der Waals surface area contributed by atoms with E-state index in [1.165, 1.54) is 13.2 Å². The van der Waals surface area contributed by atoms with Gasteiger partial charge >= 0.3 is 11.4 Å². The summed E-state index contributed by atoms with van der Waals surface area (Å²) in [6.07, 6.45) is 0. The number of ether oxygens (including phenoxy) is 1. The Kier molecular flexibility index (Phi) is 2.28. The van der Waals surface area contributed by atoms with Gasteiger partial charge in [-0.2, -0.15) is 0 Å². The Morgan fingerprint density at radius 3 is 2.44 bits per heavy atom. The summed E-state index contributed by atoms with van der Waals surface area (Å²) in [5.74, 6) is 0.407. The molecule has 0 amide bonds. The molecule has 1 heterocycles. The summed E-state index contributed by atoms with van der Waals surface area (Å²) in [6.45, 7) is 0. The van der Waals surface area contributed by atoms with E-state index in [4.69, 9.17) is 10.5 Å². The van der Waals surface area contributed by atoms with Crippen LogP contribution < -0.4 is 21.9 Å². The molecule has 0 aliphatic heterocycles. The number of hydrogen-bond donors (Lipinski definition) is 3. The molecule has 0 saturated carbocycles. The summed E-state index contributed by atoms with van der Waals surface area (Å²) >= 11 is 0. The van der Waals surface area contributed by atoms with Crippen molar-refractivity contribution in [2.45, 2.75) is 0 Å². The smallest absolute Gasteiger partial charge is 0.348 e. The van der Waals surface area contributed by atoms with Gasteiger partial charge in [-0.3, -0.25) is 0 Å². The van der Waals surface area contributed by atoms with Crippen molar-refractivity contribution in [2.24, 2.45) is 0 Å². The van der Waals surface area contributed by atoms with Crippen molar-refractivity contribution in [3.05, 3.63) is 39.2 Å². The lowest BCUT2D eigenvalue weighted by Crippen LogP contribution is -2.24. The van der Waals surface area contributed by atoms with Crippen LogP contribution >= 0.6 is 0 Å². The molecule has 0 fully saturated rings. The van der Waals surface area contributed by atoms with E-state index in [1.54, 1.807) is 12.1 Å². The Morgan fingerprint density at radius 1 is 1.25 bits per heavy atom. The summed E-state index contributed by atoms with van der Waals surface area (Å²) in [5, 5.41) is 4.37. The van der Waals surface area contributed by atoms with Crippen LogP contribution in [-0.2, 0) is 0 Å². The first kappa shape index (κ1) is 10.1. The number of methoxy groups -OCH3 is 1. The lowest BCUT2D eigenvalue weighted by Gasteiger charge is -2.06. The van der Waals surface area contributed by atoms with Crippen molar-refractivity contribution in [2.75, 3.05) is 12.8 Å². The number of aromatic nitrogens is 3. The van der Waals surface area contributed by atoms with E-state index in [-0.39, 0.29) is 0 Å². The van der Waals surface area contributed by atoms with Crippen LogP contribution in [0.5, 0.6) is 5.75 Å². The minimum atomic E-state index is -0.545. The highest BCUT2D eigenvalue weighted by Gasteiger charge is 2.08. The molecule has 7 nitrogen and oxygen atoms in total. The van der Waals surface area contributed by atoms with Crippen molar-refractivity contribution in [3.8, 4) is 11.4 Å². The number of nitrogens with two attached hydrogens (primary N) is 1. The van der Waals surface area contributed by atoms with Crippen molar-refractivity contribution < 1.29 is 4.74 Å². The average molecular weight is 222 g/mol. The van der Waals surface area contributed by atoms with Crippen molar-refractivity contribution in [1.82, 2.24) is 14.8 Å². The first-order chi connectivity index (χ1) is 7.63. The van der Waals surface area contributed by atoms with Gasteiger partial charge in [0.25, 0.3) is 0 Å². The molecule has 1 aromatic carbocycles. The number of nitrogens with zero attached hydrogens (tertiary/aromatic N) is 1. The average Bonchev–Trinajstić information content (AvgIpc) is 2.60. The van der Waals surface area contributed by atoms with Gasteiger partial charge in [0.05, 0.1) is 18.5 Å². The fourth-order valence-electron chi connectivity index (χ4n) is 1.38. The molecule has 4 N–H and O–H groups in total. The van der Waals surface area contributed by atoms with Crippen LogP contribution in [0.3, 0.4) is 0 Å². The molecule has 16 heavy (non-hydrogen) atoms. The molecule has 0 saturated heterocycles. The van der Waals surface area contributed by atoms with Gasteiger partial charge in [0, 0.05) is 6.07 Å². The number of rotatable bonds is 2. The minimum Gasteiger partial charge on any atom is -0.495 e. The van der Waals surface area contributed by atoms with Crippen LogP contribution in [0.15, 0.2) is 27.8 Å². The zero-order chi connectivity index (χ0) is 11.7. The van der Waals surface area contributed by atoms with Crippen LogP contribution in [0.2, 0.25) is 0 Å². The number of aromatic amines is 2. The fraction of sp³-hybridized carbons (Fsp3) is 0.111. The molecular formula is C9H10N4O3. The maximum Gasteiger partial charge on any atom is 0.348 e. The molecular weight excluding hydrogens is 212 g/mol. The maximum atomic E-state index is 11.3. The topological polar surface area (TPSA) is 106 Å². The normalized spacial score (nSPS) is 10.3. The predicted molar refractivity (Wildman–Crippen MR) is 58.0 cm³/mol. The van der Waals surface area contributed by atoms with E-state index >= 15 is 0 Å². The highest BCUT2D eigenvalue weighted by Crippen LogP contribution is 2.22. The van der Waals surface area contributed by atoms with Gasteiger partial charge in [0.15, 0.2) is 0 Å². The van der Waals surface area contributed by atoms with Gasteiger partial charge in [0.2, 0.25) is 0 Å². The molecule has 0 aliphatic rings. The number of nitrogens with one attached hydrogen (secondary N) is 2. The quantitative estimate of drug-likeness (QED) is 0.592. The third-order valence-corrected chi connectivity index (χ3v) is 2.16. The second-order valence-electron chi connectivity index (χ2n) is 3.12. The largest absolute Gasteiger partial charge is 0.495 e. The molecule has 84 valence electrons. The van der Waals surface area contributed by atoms with Crippen LogP contribution in [0.1, 0.15) is 0 Å². The number of hydrogen-bond acceptors (Lipinski definition) is 4. The van der Waals surface area contributed by atoms with Crippen LogP contribution in [0.4, 0.5) is 5.69 Å². The van der Waals surface area contributed by atoms with Crippen LogP contribution in [0, 0.1) is 0 Å². The second kappa shape index (κ2) is 3.61. The second-order valence-corrected chi connectivity index (χ2v) is 3.12. The summed E-state index contributed by atoms with van der Waals surface area (Å²) in [5.41, 5.74) is 5.36. The Morgan fingerprint density at radius 2 is 1.88 bits per heavy atom. The Hall–Kier alpha value is -2.44. The summed E-state index contributed by atoms with van der Waals surface area (Å²) in [6, 6.07) is 4.63. The molecule has 1 aromatic heterocycles. The molecule has 7 heteroatoms. The minimum absolute atomic E-state index is 0.388. The Labute approximate surface area is 89.5 Å². The van der Waals surface area contributed by atoms with Gasteiger partial charge in [-0.25, -0.2) is 24.4 Å². The zero-order valence-electron chi connectivity index (χ0n) is 8.48. The van der Waals surface area contributed by atoms with Gasteiger partial charge in [-0.1, -0.05) is 0 Å². The summed E-state index contributed by atoms with van der Waals surface area (Å²) < 4.78 is 5.95. The number of anilines is 1. The molecule has 0 aliphatic carbocycles. The third kappa shape index (κ3) is 1.48. The van der Waals surface area contributed by atoms with E-state index in [0.29, 0.717) is 17.1 Å². The van der Waals surface area contributed by atoms with Gasteiger partial charge < -0.3 is 10.5 Å². The number of H-pyrrole nitrogens is 2. The lowest BCUT2D eigenvalue weighted by molar-refractivity contribution is 0.416. The summed E-state index contributed by atoms with van der Waals surface area (Å²) in [4.78, 5) is 22.7. The third-order valence-electron chi connectivity index (χ3n) is 2.16. The molecule has 0 spiro atoms. The first-order valence-corrected chi connectivity index (χ1v) is 4.47. The molecule has 2 rings (SSSR count). The maximum absolute atomic E-state index is 11.3. The molecule has 0 bridgehead atoms. The Balaban J connectivity index is 2.66. The van der Waals surface area contributed by atoms with E-state index < -0.39 is 11.4 Å². The predicted octanol–water partition coefficient (Wildman–Crippen LogP) is -0.555. The van der Waals surface area contributed by atoms with E-state index in [0.717, 1.165) is 4.57 Å². The van der Waals surface area contributed by atoms with Crippen LogP contribution in [-0.4, -0.2) is 21.9 Å². The standard InChI is InChI=1S/C9H10N4O3/c1-16-7-4-5(2-3-6(7)10)13-8(14)11-12-9(13)15/h2-4H,10H2,1H3,(H,11,14)(H,12,15). The van der Waals surface area contributed by atoms with Crippen molar-refractivity contribution in [1.29, 1.82) is 0 Å². The van der Waals surface area contributed by atoms with E-state index in [9.17, 15) is 9.59 Å². The van der Waals surface area contributed by atoms with Gasteiger partial charge in [-0.05, 0) is 12.1 Å². The van der Waals surface area contributed by atoms with Crippen molar-refractivity contribution >= 4 is 5.69 Å². The van der Waals surface area contributed by atoms with E-state index in [1.807, 2.05) is 0 Å². The lowest BCUT2D eigenvalue weighted by atomic mass is 10.2. The monoisotopic (exact) mass is 222 g/mol. The molecule has 0 unspecified atom stereocenters. The van der Waals surface area contributed by atoms with Gasteiger partial charge in [-0.15, -0.1) is 0 Å². The van der Waals surface area contributed by atoms with Crippen molar-refractivity contribution in [3.63, 3.8) is 0 Å². The highest BCUT2D eigenvalue weighted by atomic mass is 16.5. The van der Waals surface area contributed by atoms with E-state index in [2.05, 4.69) is 10.2 Å². The fourth-order valence-corrected chi connectivity index (χ4v) is 1.38. The number of nitrogen functional groups attached to an aromatic ring is 1. The molecule has 0 radical (unpaired) electrons. The highest BCUT2D eigenvalue weighted by molar-refractivity contribution is 5.57. The van der Waals surface area contributed by atoms with Crippen LogP contribution in [0.25, 0.3) is 5.69 Å². The number of benzene rings is 1. The summed E-state index contributed by atoms with van der Waals surface area (Å²) in [7, 11) is 1.46.